The molecule has 0 saturated heterocycles. The van der Waals surface area contributed by atoms with Gasteiger partial charge in [0, 0.05) is 74.0 Å². The molecule has 0 spiro atoms. The van der Waals surface area contributed by atoms with Crippen LogP contribution < -0.4 is 5.32 Å². The van der Waals surface area contributed by atoms with Crippen molar-refractivity contribution in [3.05, 3.63) is 65.9 Å². The molecule has 2 aromatic heterocycles. The summed E-state index contributed by atoms with van der Waals surface area (Å²) in [4.78, 5) is 5.53. The topological polar surface area (TPSA) is 100 Å². The molecule has 162 valence electrons. The minimum Gasteiger partial charge on any atom is -0.363 e. The van der Waals surface area contributed by atoms with E-state index in [2.05, 4.69) is 43.7 Å². The molecule has 3 N–H and O–H groups in total. The van der Waals surface area contributed by atoms with Gasteiger partial charge < -0.3 is 15.2 Å². The summed E-state index contributed by atoms with van der Waals surface area (Å²) in [5.41, 5.74) is 6.35. The van der Waals surface area contributed by atoms with Crippen LogP contribution in [0.5, 0.6) is 0 Å². The Hall–Kier alpha value is -3.08. The number of anilines is 1. The highest BCUT2D eigenvalue weighted by Crippen LogP contribution is 2.31. The predicted molar refractivity (Wildman–Crippen MR) is 121 cm³/mol. The monoisotopic (exact) mass is 439 g/mol. The van der Waals surface area contributed by atoms with Crippen molar-refractivity contribution in [2.24, 2.45) is 0 Å². The van der Waals surface area contributed by atoms with Crippen molar-refractivity contribution in [3.63, 3.8) is 0 Å². The maximum atomic E-state index is 12.4. The van der Waals surface area contributed by atoms with Crippen LogP contribution in [0.25, 0.3) is 16.6 Å². The molecular weight excluding hydrogens is 414 g/mol. The Balaban J connectivity index is 1.41. The summed E-state index contributed by atoms with van der Waals surface area (Å²) in [6, 6.07) is 8.17. The quantitative estimate of drug-likeness (QED) is 0.567. The Kier molecular flexibility index (Phi) is 4.84. The minimum atomic E-state index is -3.40. The van der Waals surface area contributed by atoms with Gasteiger partial charge in [0.05, 0.1) is 24.0 Å². The van der Waals surface area contributed by atoms with Crippen LogP contribution in [0.4, 0.5) is 5.69 Å². The number of H-pyrrole nitrogens is 2. The van der Waals surface area contributed by atoms with Gasteiger partial charge in [0.1, 0.15) is 0 Å². The van der Waals surface area contributed by atoms with E-state index in [0.29, 0.717) is 19.5 Å². The number of fused-ring (bicyclic) bond motifs is 2. The summed E-state index contributed by atoms with van der Waals surface area (Å²) >= 11 is 0. The van der Waals surface area contributed by atoms with E-state index < -0.39 is 10.2 Å². The molecule has 31 heavy (non-hydrogen) atoms. The average Bonchev–Trinajstić information content (AvgIpc) is 3.42. The van der Waals surface area contributed by atoms with Gasteiger partial charge in [-0.25, -0.2) is 0 Å². The van der Waals surface area contributed by atoms with Crippen LogP contribution in [-0.4, -0.2) is 64.3 Å². The lowest BCUT2D eigenvalue weighted by atomic mass is 10.1. The number of benzene rings is 1. The van der Waals surface area contributed by atoms with E-state index >= 15 is 0 Å². The number of rotatable bonds is 5. The lowest BCUT2D eigenvalue weighted by Gasteiger charge is -2.34. The lowest BCUT2D eigenvalue weighted by molar-refractivity contribution is 0.350. The number of hydrogen-bond donors (Lipinski definition) is 3. The van der Waals surface area contributed by atoms with Crippen LogP contribution in [0.1, 0.15) is 17.7 Å². The van der Waals surface area contributed by atoms with E-state index in [1.165, 1.54) is 8.61 Å². The molecule has 0 fully saturated rings. The standard InChI is InChI=1S/C21H25N7O2S/c1-26(2)31(29,30)28-9-6-17(7-10-28)27-13-20-18(5-8-22-20)21(14-27)24-16-3-4-19-15(11-16)12-23-25-19/h3-6,8,11-12,14,22,24H,7,9-10,13H2,1-2H3,(H,23,25). The number of nitrogens with zero attached hydrogens (tertiary/aromatic N) is 4. The van der Waals surface area contributed by atoms with Crippen LogP contribution in [0.3, 0.4) is 0 Å². The zero-order valence-corrected chi connectivity index (χ0v) is 18.3. The third-order valence-corrected chi connectivity index (χ3v) is 7.67. The number of aromatic amines is 2. The van der Waals surface area contributed by atoms with Crippen molar-refractivity contribution in [2.45, 2.75) is 13.0 Å². The number of hydrogen-bond acceptors (Lipinski definition) is 5. The molecule has 0 bridgehead atoms. The van der Waals surface area contributed by atoms with Crippen molar-refractivity contribution in [3.8, 4) is 0 Å². The van der Waals surface area contributed by atoms with Crippen molar-refractivity contribution < 1.29 is 8.42 Å². The van der Waals surface area contributed by atoms with Crippen LogP contribution in [0, 0.1) is 0 Å². The van der Waals surface area contributed by atoms with Crippen molar-refractivity contribution in [2.75, 3.05) is 32.5 Å². The molecule has 9 nitrogen and oxygen atoms in total. The summed E-state index contributed by atoms with van der Waals surface area (Å²) in [7, 11) is -0.270. The third kappa shape index (κ3) is 3.62. The first-order valence-corrected chi connectivity index (χ1v) is 11.5. The molecule has 0 radical (unpaired) electrons. The molecule has 3 aromatic rings. The van der Waals surface area contributed by atoms with Gasteiger partial charge in [0.25, 0.3) is 10.2 Å². The highest BCUT2D eigenvalue weighted by Gasteiger charge is 2.28. The highest BCUT2D eigenvalue weighted by molar-refractivity contribution is 7.86. The molecule has 0 atom stereocenters. The molecule has 5 rings (SSSR count). The van der Waals surface area contributed by atoms with E-state index in [9.17, 15) is 8.42 Å². The van der Waals surface area contributed by atoms with Gasteiger partial charge in [-0.3, -0.25) is 5.10 Å². The SMILES string of the molecule is CN(C)S(=O)(=O)N1CC=C(N2C=C(Nc3ccc4[nH]ncc4c3)c3cc[nH]c3C2)CC1. The maximum absolute atomic E-state index is 12.4. The Bertz CT molecular complexity index is 1290. The Morgan fingerprint density at radius 1 is 1.23 bits per heavy atom. The second kappa shape index (κ2) is 7.56. The van der Waals surface area contributed by atoms with Gasteiger partial charge in [-0.2, -0.15) is 22.1 Å². The van der Waals surface area contributed by atoms with Crippen LogP contribution in [0.15, 0.2) is 54.6 Å². The minimum absolute atomic E-state index is 0.373. The molecule has 0 unspecified atom stereocenters. The smallest absolute Gasteiger partial charge is 0.281 e. The molecule has 4 heterocycles. The first-order valence-electron chi connectivity index (χ1n) is 10.1. The average molecular weight is 440 g/mol. The summed E-state index contributed by atoms with van der Waals surface area (Å²) < 4.78 is 27.6. The Morgan fingerprint density at radius 3 is 2.87 bits per heavy atom. The molecule has 2 aliphatic heterocycles. The van der Waals surface area contributed by atoms with Crippen LogP contribution >= 0.6 is 0 Å². The third-order valence-electron chi connectivity index (χ3n) is 5.76. The lowest BCUT2D eigenvalue weighted by Crippen LogP contribution is -2.43. The van der Waals surface area contributed by atoms with Gasteiger partial charge >= 0.3 is 0 Å². The van der Waals surface area contributed by atoms with E-state index in [0.717, 1.165) is 45.8 Å². The molecule has 0 amide bonds. The molecule has 1 aromatic carbocycles. The van der Waals surface area contributed by atoms with Gasteiger partial charge in [0.15, 0.2) is 0 Å². The highest BCUT2D eigenvalue weighted by atomic mass is 32.2. The normalized spacial score (nSPS) is 17.6. The molecule has 10 heteroatoms. The van der Waals surface area contributed by atoms with Crippen molar-refractivity contribution in [1.29, 1.82) is 0 Å². The van der Waals surface area contributed by atoms with Crippen LogP contribution in [-0.2, 0) is 16.8 Å². The zero-order valence-electron chi connectivity index (χ0n) is 17.5. The zero-order chi connectivity index (χ0) is 21.6. The van der Waals surface area contributed by atoms with E-state index in [4.69, 9.17) is 0 Å². The van der Waals surface area contributed by atoms with E-state index in [1.54, 1.807) is 14.1 Å². The summed E-state index contributed by atoms with van der Waals surface area (Å²) in [5, 5.41) is 11.6. The number of aromatic nitrogens is 3. The first kappa shape index (κ1) is 19.9. The van der Waals surface area contributed by atoms with E-state index in [1.807, 2.05) is 30.6 Å². The van der Waals surface area contributed by atoms with Gasteiger partial charge in [-0.05, 0) is 30.3 Å². The summed E-state index contributed by atoms with van der Waals surface area (Å²) in [5.74, 6) is 0. The second-order valence-electron chi connectivity index (χ2n) is 7.93. The van der Waals surface area contributed by atoms with Gasteiger partial charge in [-0.15, -0.1) is 0 Å². The first-order chi connectivity index (χ1) is 14.9. The largest absolute Gasteiger partial charge is 0.363 e. The van der Waals surface area contributed by atoms with Gasteiger partial charge in [-0.1, -0.05) is 0 Å². The molecule has 0 saturated carbocycles. The fourth-order valence-electron chi connectivity index (χ4n) is 4.03. The fourth-order valence-corrected chi connectivity index (χ4v) is 5.08. The van der Waals surface area contributed by atoms with Crippen molar-refractivity contribution >= 4 is 32.5 Å². The Labute approximate surface area is 181 Å². The summed E-state index contributed by atoms with van der Waals surface area (Å²) in [6.07, 6.45) is 8.53. The molecular formula is C21H25N7O2S. The Morgan fingerprint density at radius 2 is 2.10 bits per heavy atom. The van der Waals surface area contributed by atoms with Gasteiger partial charge in [0.2, 0.25) is 0 Å². The van der Waals surface area contributed by atoms with Crippen molar-refractivity contribution in [1.82, 2.24) is 28.7 Å². The predicted octanol–water partition coefficient (Wildman–Crippen LogP) is 2.51. The fraction of sp³-hybridized carbons (Fsp3) is 0.286. The molecule has 2 aliphatic rings. The summed E-state index contributed by atoms with van der Waals surface area (Å²) in [6.45, 7) is 1.56. The molecule has 0 aliphatic carbocycles. The second-order valence-corrected chi connectivity index (χ2v) is 10.1. The van der Waals surface area contributed by atoms with E-state index in [-0.39, 0.29) is 0 Å². The maximum Gasteiger partial charge on any atom is 0.281 e. The number of nitrogens with one attached hydrogen (secondary N) is 3. The van der Waals surface area contributed by atoms with Crippen LogP contribution in [0.2, 0.25) is 0 Å².